The zero-order valence-corrected chi connectivity index (χ0v) is 13.4. The third-order valence-electron chi connectivity index (χ3n) is 2.34. The van der Waals surface area contributed by atoms with Crippen molar-refractivity contribution < 1.29 is 0 Å². The number of nitrogens with two attached hydrogens (primary N) is 1. The van der Waals surface area contributed by atoms with Crippen molar-refractivity contribution in [1.82, 2.24) is 29.9 Å². The minimum Gasteiger partial charge on any atom is -0.368 e. The molecule has 0 spiro atoms. The standard InChI is InChI=1S/C10H8BrN7S2/c1-19-10-13-2-4(11)7(18-10)20-8-5-6(15-3-14-5)16-9(12)17-8/h2-3H,1H3,(H3,12,14,15,16,17). The number of hydrogen-bond acceptors (Lipinski definition) is 8. The van der Waals surface area contributed by atoms with E-state index in [2.05, 4.69) is 45.8 Å². The number of thioether (sulfide) groups is 1. The highest BCUT2D eigenvalue weighted by Gasteiger charge is 2.13. The van der Waals surface area contributed by atoms with Crippen molar-refractivity contribution in [2.75, 3.05) is 12.0 Å². The molecule has 0 radical (unpaired) electrons. The van der Waals surface area contributed by atoms with Crippen LogP contribution in [0.3, 0.4) is 0 Å². The van der Waals surface area contributed by atoms with Crippen LogP contribution in [0.4, 0.5) is 5.95 Å². The number of nitrogens with one attached hydrogen (secondary N) is 1. The van der Waals surface area contributed by atoms with Gasteiger partial charge in [-0.3, -0.25) is 0 Å². The van der Waals surface area contributed by atoms with Crippen LogP contribution < -0.4 is 5.73 Å². The Labute approximate surface area is 130 Å². The molecule has 0 saturated heterocycles. The van der Waals surface area contributed by atoms with E-state index in [9.17, 15) is 0 Å². The van der Waals surface area contributed by atoms with Gasteiger partial charge >= 0.3 is 0 Å². The second-order valence-corrected chi connectivity index (χ2v) is 6.21. The number of nitrogens with zero attached hydrogens (tertiary/aromatic N) is 5. The fourth-order valence-corrected chi connectivity index (χ4v) is 3.18. The van der Waals surface area contributed by atoms with Crippen LogP contribution in [0.25, 0.3) is 11.2 Å². The molecule has 0 aliphatic rings. The maximum absolute atomic E-state index is 5.69. The van der Waals surface area contributed by atoms with Gasteiger partial charge in [-0.05, 0) is 33.9 Å². The number of aromatic amines is 1. The van der Waals surface area contributed by atoms with Crippen molar-refractivity contribution in [3.63, 3.8) is 0 Å². The molecule has 0 aliphatic carbocycles. The summed E-state index contributed by atoms with van der Waals surface area (Å²) in [5.41, 5.74) is 6.97. The van der Waals surface area contributed by atoms with Crippen LogP contribution in [0.15, 0.2) is 32.2 Å². The maximum atomic E-state index is 5.69. The summed E-state index contributed by atoms with van der Waals surface area (Å²) in [6.07, 6.45) is 5.20. The Bertz CT molecular complexity index is 775. The van der Waals surface area contributed by atoms with E-state index in [1.165, 1.54) is 23.5 Å². The first-order chi connectivity index (χ1) is 9.67. The van der Waals surface area contributed by atoms with Crippen LogP contribution in [0.1, 0.15) is 0 Å². The molecule has 3 aromatic rings. The number of halogens is 1. The molecular formula is C10H8BrN7S2. The Balaban J connectivity index is 2.07. The molecule has 0 bridgehead atoms. The number of hydrogen-bond donors (Lipinski definition) is 2. The fraction of sp³-hybridized carbons (Fsp3) is 0.100. The Hall–Kier alpha value is -1.39. The van der Waals surface area contributed by atoms with Crippen LogP contribution >= 0.6 is 39.5 Å². The van der Waals surface area contributed by atoms with Gasteiger partial charge in [0.25, 0.3) is 0 Å². The molecule has 3 N–H and O–H groups in total. The summed E-state index contributed by atoms with van der Waals surface area (Å²) in [4.78, 5) is 24.0. The van der Waals surface area contributed by atoms with E-state index in [0.717, 1.165) is 15.0 Å². The third kappa shape index (κ3) is 2.58. The second-order valence-electron chi connectivity index (χ2n) is 3.60. The summed E-state index contributed by atoms with van der Waals surface area (Å²) in [5, 5.41) is 2.13. The number of H-pyrrole nitrogens is 1. The third-order valence-corrected chi connectivity index (χ3v) is 4.73. The maximum Gasteiger partial charge on any atom is 0.223 e. The van der Waals surface area contributed by atoms with Crippen molar-refractivity contribution in [3.8, 4) is 0 Å². The number of aromatic nitrogens is 6. The number of fused-ring (bicyclic) bond motifs is 1. The predicted molar refractivity (Wildman–Crippen MR) is 81.7 cm³/mol. The molecule has 3 rings (SSSR count). The molecule has 0 fully saturated rings. The monoisotopic (exact) mass is 369 g/mol. The highest BCUT2D eigenvalue weighted by molar-refractivity contribution is 9.10. The van der Waals surface area contributed by atoms with E-state index >= 15 is 0 Å². The van der Waals surface area contributed by atoms with Crippen LogP contribution in [0.2, 0.25) is 0 Å². The SMILES string of the molecule is CSc1ncc(Br)c(Sc2nc(N)nc3nc[nH]c23)n1. The van der Waals surface area contributed by atoms with E-state index in [1.807, 2.05) is 6.26 Å². The van der Waals surface area contributed by atoms with E-state index in [1.54, 1.807) is 12.5 Å². The van der Waals surface area contributed by atoms with Crippen LogP contribution in [-0.4, -0.2) is 36.2 Å². The van der Waals surface area contributed by atoms with Crippen molar-refractivity contribution in [2.45, 2.75) is 15.2 Å². The van der Waals surface area contributed by atoms with Crippen LogP contribution in [0.5, 0.6) is 0 Å². The second kappa shape index (κ2) is 5.54. The van der Waals surface area contributed by atoms with E-state index in [4.69, 9.17) is 5.73 Å². The van der Waals surface area contributed by atoms with Gasteiger partial charge in [0.2, 0.25) is 5.95 Å². The topological polar surface area (TPSA) is 106 Å². The molecule has 0 aliphatic heterocycles. The highest BCUT2D eigenvalue weighted by atomic mass is 79.9. The molecule has 0 aromatic carbocycles. The van der Waals surface area contributed by atoms with Gasteiger partial charge in [0.15, 0.2) is 10.8 Å². The largest absolute Gasteiger partial charge is 0.368 e. The number of rotatable bonds is 3. The van der Waals surface area contributed by atoms with E-state index < -0.39 is 0 Å². The minimum absolute atomic E-state index is 0.183. The first kappa shape index (κ1) is 13.6. The van der Waals surface area contributed by atoms with Gasteiger partial charge in [-0.1, -0.05) is 11.8 Å². The van der Waals surface area contributed by atoms with Crippen molar-refractivity contribution >= 4 is 56.6 Å². The molecule has 0 saturated carbocycles. The lowest BCUT2D eigenvalue weighted by atomic mass is 10.5. The number of nitrogen functional groups attached to an aromatic ring is 1. The first-order valence-corrected chi connectivity index (χ1v) is 8.22. The average Bonchev–Trinajstić information content (AvgIpc) is 2.89. The van der Waals surface area contributed by atoms with Crippen molar-refractivity contribution in [3.05, 3.63) is 17.0 Å². The zero-order chi connectivity index (χ0) is 14.1. The molecule has 0 atom stereocenters. The quantitative estimate of drug-likeness (QED) is 0.411. The normalized spacial score (nSPS) is 11.1. The molecule has 10 heteroatoms. The summed E-state index contributed by atoms with van der Waals surface area (Å²) >= 11 is 6.29. The smallest absolute Gasteiger partial charge is 0.223 e. The van der Waals surface area contributed by atoms with Crippen LogP contribution in [-0.2, 0) is 0 Å². The minimum atomic E-state index is 0.183. The fourth-order valence-electron chi connectivity index (χ4n) is 1.49. The Morgan fingerprint density at radius 2 is 2.05 bits per heavy atom. The predicted octanol–water partition coefficient (Wildman–Crippen LogP) is 2.36. The lowest BCUT2D eigenvalue weighted by Gasteiger charge is -2.05. The van der Waals surface area contributed by atoms with Crippen LogP contribution in [0, 0.1) is 0 Å². The van der Waals surface area contributed by atoms with Gasteiger partial charge in [-0.25, -0.2) is 19.9 Å². The summed E-state index contributed by atoms with van der Waals surface area (Å²) in [6, 6.07) is 0. The number of anilines is 1. The zero-order valence-electron chi connectivity index (χ0n) is 10.2. The number of imidazole rings is 1. The van der Waals surface area contributed by atoms with Gasteiger partial charge in [0, 0.05) is 6.20 Å². The summed E-state index contributed by atoms with van der Waals surface area (Å²) in [5.74, 6) is 0.183. The lowest BCUT2D eigenvalue weighted by molar-refractivity contribution is 0.879. The van der Waals surface area contributed by atoms with Gasteiger partial charge in [0.05, 0.1) is 10.8 Å². The molecule has 20 heavy (non-hydrogen) atoms. The highest BCUT2D eigenvalue weighted by Crippen LogP contribution is 2.34. The molecule has 0 amide bonds. The lowest BCUT2D eigenvalue weighted by Crippen LogP contribution is -1.98. The van der Waals surface area contributed by atoms with E-state index in [0.29, 0.717) is 15.8 Å². The van der Waals surface area contributed by atoms with Crippen molar-refractivity contribution in [2.24, 2.45) is 0 Å². The van der Waals surface area contributed by atoms with Gasteiger partial charge in [-0.15, -0.1) is 0 Å². The Morgan fingerprint density at radius 1 is 1.20 bits per heavy atom. The van der Waals surface area contributed by atoms with Gasteiger partial charge in [0.1, 0.15) is 15.6 Å². The van der Waals surface area contributed by atoms with Gasteiger partial charge < -0.3 is 10.7 Å². The summed E-state index contributed by atoms with van der Waals surface area (Å²) in [6.45, 7) is 0. The molecule has 3 heterocycles. The molecule has 7 nitrogen and oxygen atoms in total. The summed E-state index contributed by atoms with van der Waals surface area (Å²) in [7, 11) is 0. The molecular weight excluding hydrogens is 362 g/mol. The average molecular weight is 370 g/mol. The molecule has 102 valence electrons. The Kier molecular flexibility index (Phi) is 3.76. The van der Waals surface area contributed by atoms with Crippen molar-refractivity contribution in [1.29, 1.82) is 0 Å². The molecule has 3 aromatic heterocycles. The first-order valence-electron chi connectivity index (χ1n) is 5.38. The van der Waals surface area contributed by atoms with E-state index in [-0.39, 0.29) is 5.95 Å². The van der Waals surface area contributed by atoms with Gasteiger partial charge in [-0.2, -0.15) is 4.98 Å². The molecule has 0 unspecified atom stereocenters. The Morgan fingerprint density at radius 3 is 2.85 bits per heavy atom. The summed E-state index contributed by atoms with van der Waals surface area (Å²) < 4.78 is 0.796.